The number of aliphatic carboxylic acids is 1. The second-order valence-corrected chi connectivity index (χ2v) is 17.2. The van der Waals surface area contributed by atoms with Crippen LogP contribution in [0.1, 0.15) is 63.9 Å². The monoisotopic (exact) mass is 969 g/mol. The highest BCUT2D eigenvalue weighted by Gasteiger charge is 2.39. The predicted molar refractivity (Wildman–Crippen MR) is 240 cm³/mol. The van der Waals surface area contributed by atoms with E-state index in [1.165, 1.54) is 23.9 Å². The van der Waals surface area contributed by atoms with Crippen LogP contribution in [0.3, 0.4) is 0 Å². The van der Waals surface area contributed by atoms with Crippen LogP contribution in [0.15, 0.2) is 66.9 Å². The van der Waals surface area contributed by atoms with Gasteiger partial charge in [0.05, 0.1) is 70.3 Å². The van der Waals surface area contributed by atoms with Crippen molar-refractivity contribution in [2.75, 3.05) is 84.0 Å². The fourth-order valence-electron chi connectivity index (χ4n) is 6.55. The lowest BCUT2D eigenvalue weighted by molar-refractivity contribution is -0.192. The van der Waals surface area contributed by atoms with E-state index in [-0.39, 0.29) is 66.5 Å². The summed E-state index contributed by atoms with van der Waals surface area (Å²) < 4.78 is 85.3. The molecular formula is C46H60F5N5O10S. The number of Topliss-reactive ketones (excluding diaryl/α,β-unsaturated/α-hetero) is 1. The molecule has 4 rings (SSSR count). The zero-order valence-electron chi connectivity index (χ0n) is 37.9. The zero-order valence-corrected chi connectivity index (χ0v) is 38.8. The summed E-state index contributed by atoms with van der Waals surface area (Å²) in [5.41, 5.74) is 6.78. The first-order valence-electron chi connectivity index (χ1n) is 21.6. The van der Waals surface area contributed by atoms with E-state index in [1.54, 1.807) is 6.20 Å². The lowest BCUT2D eigenvalue weighted by Crippen LogP contribution is -2.44. The molecule has 3 N–H and O–H groups in total. The Hall–Kier alpha value is -5.06. The van der Waals surface area contributed by atoms with Gasteiger partial charge in [0.2, 0.25) is 5.91 Å². The molecule has 1 aliphatic rings. The number of carbonyl (C=O) groups excluding carboxylic acids is 4. The average molecular weight is 970 g/mol. The predicted octanol–water partition coefficient (Wildman–Crippen LogP) is 6.24. The molecule has 0 radical (unpaired) electrons. The molecule has 1 unspecified atom stereocenters. The maximum Gasteiger partial charge on any atom is 0.490 e. The minimum Gasteiger partial charge on any atom is -0.475 e. The van der Waals surface area contributed by atoms with Crippen LogP contribution in [-0.2, 0) is 49.5 Å². The van der Waals surface area contributed by atoms with Crippen LogP contribution < -0.4 is 5.73 Å². The number of nitrogens with zero attached hydrogens (tertiary/aromatic N) is 4. The number of aromatic nitrogens is 2. The summed E-state index contributed by atoms with van der Waals surface area (Å²) in [6.07, 6.45) is 0.655. The van der Waals surface area contributed by atoms with Crippen LogP contribution in [0, 0.1) is 17.0 Å². The van der Waals surface area contributed by atoms with Gasteiger partial charge >= 0.3 is 12.1 Å². The molecule has 0 saturated carbocycles. The van der Waals surface area contributed by atoms with Crippen LogP contribution in [-0.4, -0.2) is 144 Å². The fourth-order valence-corrected chi connectivity index (χ4v) is 7.27. The summed E-state index contributed by atoms with van der Waals surface area (Å²) in [6, 6.07) is 12.6. The molecule has 370 valence electrons. The van der Waals surface area contributed by atoms with Crippen LogP contribution in [0.2, 0.25) is 0 Å². The number of amides is 3. The number of hydrogen-bond donors (Lipinski definition) is 2. The highest BCUT2D eigenvalue weighted by atomic mass is 32.2. The third-order valence-corrected chi connectivity index (χ3v) is 10.6. The standard InChI is InChI=1S/C44H59F2N5O8S.C2HF3O2/c1-44(2,3)42(43-48-38(36-29-34(45)12-13-37(36)46)31-49(43)30-33-9-5-4-6-10-33)51(19-8-17-47)41(55)32-60-28-27-59-26-25-58-24-23-57-22-21-56-20-16-35(52)11-7-18-50-39(53)14-15-40(50)54;3-2(4,5)1(6)7/h4-6,9-10,12-15,29,31,42H,7-8,11,16-28,30,32,47H2,1-3H3;(H,6,7). The first-order chi connectivity index (χ1) is 31.8. The van der Waals surface area contributed by atoms with E-state index < -0.39 is 35.2 Å². The molecular weight excluding hydrogens is 910 g/mol. The maximum absolute atomic E-state index is 15.0. The number of thioether (sulfide) groups is 1. The molecule has 1 aromatic heterocycles. The van der Waals surface area contributed by atoms with E-state index in [0.717, 1.165) is 28.7 Å². The number of hydrogen-bond acceptors (Lipinski definition) is 12. The van der Waals surface area contributed by atoms with Crippen molar-refractivity contribution >= 4 is 41.2 Å². The number of ketones is 1. The Balaban J connectivity index is 0.00000157. The van der Waals surface area contributed by atoms with Crippen molar-refractivity contribution in [3.63, 3.8) is 0 Å². The Bertz CT molecular complexity index is 2050. The van der Waals surface area contributed by atoms with Gasteiger partial charge in [-0.05, 0) is 48.6 Å². The normalized spacial score (nSPS) is 13.2. The number of imide groups is 1. The van der Waals surface area contributed by atoms with Crippen LogP contribution in [0.25, 0.3) is 11.3 Å². The maximum atomic E-state index is 15.0. The van der Waals surface area contributed by atoms with E-state index in [2.05, 4.69) is 0 Å². The quantitative estimate of drug-likeness (QED) is 0.0452. The number of rotatable bonds is 29. The largest absolute Gasteiger partial charge is 0.490 e. The van der Waals surface area contributed by atoms with Gasteiger partial charge in [0, 0.05) is 62.1 Å². The van der Waals surface area contributed by atoms with Gasteiger partial charge in [-0.1, -0.05) is 51.1 Å². The number of ether oxygens (including phenoxy) is 4. The number of carboxylic acid groups (broad SMARTS) is 1. The van der Waals surface area contributed by atoms with Gasteiger partial charge in [0.15, 0.2) is 0 Å². The minimum absolute atomic E-state index is 0.0133. The van der Waals surface area contributed by atoms with Crippen LogP contribution >= 0.6 is 11.8 Å². The van der Waals surface area contributed by atoms with E-state index >= 15 is 4.39 Å². The van der Waals surface area contributed by atoms with E-state index in [9.17, 15) is 36.7 Å². The summed E-state index contributed by atoms with van der Waals surface area (Å²) in [5.74, 6) is -3.28. The van der Waals surface area contributed by atoms with Crippen molar-refractivity contribution in [2.45, 2.75) is 65.2 Å². The molecule has 0 saturated heterocycles. The van der Waals surface area contributed by atoms with Crippen molar-refractivity contribution in [1.29, 1.82) is 0 Å². The van der Waals surface area contributed by atoms with Crippen molar-refractivity contribution in [3.05, 3.63) is 89.9 Å². The van der Waals surface area contributed by atoms with Crippen molar-refractivity contribution in [3.8, 4) is 11.3 Å². The van der Waals surface area contributed by atoms with E-state index in [1.807, 2.05) is 60.6 Å². The second-order valence-electron chi connectivity index (χ2n) is 16.1. The first kappa shape index (κ1) is 56.3. The molecule has 3 aromatic rings. The molecule has 21 heteroatoms. The highest BCUT2D eigenvalue weighted by molar-refractivity contribution is 7.99. The zero-order chi connectivity index (χ0) is 49.4. The minimum atomic E-state index is -5.08. The smallest absolute Gasteiger partial charge is 0.475 e. The molecule has 15 nitrogen and oxygen atoms in total. The lowest BCUT2D eigenvalue weighted by Gasteiger charge is -2.40. The lowest BCUT2D eigenvalue weighted by atomic mass is 9.84. The van der Waals surface area contributed by atoms with Gasteiger partial charge in [0.1, 0.15) is 23.2 Å². The molecule has 0 spiro atoms. The van der Waals surface area contributed by atoms with Gasteiger partial charge in [0.25, 0.3) is 11.8 Å². The third kappa shape index (κ3) is 20.4. The Morgan fingerprint density at radius 1 is 0.836 bits per heavy atom. The molecule has 0 fully saturated rings. The number of benzene rings is 2. The van der Waals surface area contributed by atoms with Crippen LogP contribution in [0.4, 0.5) is 22.0 Å². The second kappa shape index (κ2) is 29.0. The molecule has 0 bridgehead atoms. The molecule has 2 heterocycles. The highest BCUT2D eigenvalue weighted by Crippen LogP contribution is 2.40. The number of carboxylic acids is 1. The molecule has 1 atom stereocenters. The third-order valence-electron chi connectivity index (χ3n) is 9.73. The van der Waals surface area contributed by atoms with Crippen molar-refractivity contribution in [1.82, 2.24) is 19.4 Å². The molecule has 67 heavy (non-hydrogen) atoms. The van der Waals surface area contributed by atoms with Gasteiger partial charge in [-0.15, -0.1) is 11.8 Å². The van der Waals surface area contributed by atoms with Gasteiger partial charge in [-0.3, -0.25) is 24.1 Å². The topological polar surface area (TPSA) is 193 Å². The number of alkyl halides is 3. The van der Waals surface area contributed by atoms with Gasteiger partial charge in [-0.25, -0.2) is 18.6 Å². The molecule has 3 amide bonds. The number of nitrogens with two attached hydrogens (primary N) is 1. The Morgan fingerprint density at radius 2 is 1.42 bits per heavy atom. The SMILES string of the molecule is CC(C)(C)C(c1nc(-c2cc(F)ccc2F)cn1Cc1ccccc1)N(CCCN)C(=O)CSCCOCCOCCOCCOCCC(=O)CCCN1C(=O)C=CC1=O.O=C(O)C(F)(F)F. The molecule has 1 aliphatic heterocycles. The number of carbonyl (C=O) groups is 5. The van der Waals surface area contributed by atoms with Gasteiger partial charge in [-0.2, -0.15) is 13.2 Å². The van der Waals surface area contributed by atoms with E-state index in [0.29, 0.717) is 90.3 Å². The summed E-state index contributed by atoms with van der Waals surface area (Å²) in [4.78, 5) is 65.9. The summed E-state index contributed by atoms with van der Waals surface area (Å²) >= 11 is 1.47. The summed E-state index contributed by atoms with van der Waals surface area (Å²) in [7, 11) is 0. The number of halogens is 5. The number of imidazole rings is 1. The van der Waals surface area contributed by atoms with Crippen LogP contribution in [0.5, 0.6) is 0 Å². The fraction of sp³-hybridized carbons (Fsp3) is 0.522. The Labute approximate surface area is 391 Å². The van der Waals surface area contributed by atoms with Crippen molar-refractivity contribution in [2.24, 2.45) is 11.1 Å². The summed E-state index contributed by atoms with van der Waals surface area (Å²) in [5, 5.41) is 7.12. The Kier molecular flexibility index (Phi) is 24.3. The van der Waals surface area contributed by atoms with E-state index in [4.69, 9.17) is 39.6 Å². The summed E-state index contributed by atoms with van der Waals surface area (Å²) in [6.45, 7) is 10.5. The first-order valence-corrected chi connectivity index (χ1v) is 22.8. The van der Waals surface area contributed by atoms with Gasteiger partial charge < -0.3 is 39.3 Å². The Morgan fingerprint density at radius 3 is 1.99 bits per heavy atom. The molecule has 0 aliphatic carbocycles. The average Bonchev–Trinajstić information content (AvgIpc) is 3.82. The van der Waals surface area contributed by atoms with Crippen molar-refractivity contribution < 1.29 is 70.0 Å². The molecule has 2 aromatic carbocycles.